The molecule has 1 heterocycles. The number of imidazole rings is 1. The predicted molar refractivity (Wildman–Crippen MR) is 49.0 cm³/mol. The first-order chi connectivity index (χ1) is 6.20. The van der Waals surface area contributed by atoms with Crippen molar-refractivity contribution in [1.82, 2.24) is 9.97 Å². The molecule has 5 N–H and O–H groups in total. The summed E-state index contributed by atoms with van der Waals surface area (Å²) in [6, 6.07) is 3.38. The largest absolute Gasteiger partial charge is 0.398 e. The molecule has 0 unspecified atom stereocenters. The smallest absolute Gasteiger partial charge is 0.253 e. The Labute approximate surface area is 73.7 Å². The van der Waals surface area contributed by atoms with E-state index in [9.17, 15) is 4.79 Å². The van der Waals surface area contributed by atoms with Crippen LogP contribution in [0.5, 0.6) is 0 Å². The highest BCUT2D eigenvalue weighted by Gasteiger charge is 2.11. The predicted octanol–water partition coefficient (Wildman–Crippen LogP) is 0.244. The van der Waals surface area contributed by atoms with Crippen LogP contribution in [-0.4, -0.2) is 15.9 Å². The number of aromatic nitrogens is 2. The van der Waals surface area contributed by atoms with Crippen molar-refractivity contribution < 1.29 is 4.79 Å². The van der Waals surface area contributed by atoms with Crippen LogP contribution < -0.4 is 11.5 Å². The first kappa shape index (κ1) is 7.60. The molecule has 0 radical (unpaired) electrons. The number of nitrogen functional groups attached to an aromatic ring is 1. The van der Waals surface area contributed by atoms with E-state index >= 15 is 0 Å². The van der Waals surface area contributed by atoms with Crippen molar-refractivity contribution in [2.75, 3.05) is 5.73 Å². The van der Waals surface area contributed by atoms with Gasteiger partial charge >= 0.3 is 0 Å². The molecule has 13 heavy (non-hydrogen) atoms. The number of hydrogen-bond acceptors (Lipinski definition) is 3. The third-order valence-corrected chi connectivity index (χ3v) is 1.87. The van der Waals surface area contributed by atoms with Crippen LogP contribution in [0.1, 0.15) is 10.4 Å². The number of rotatable bonds is 1. The zero-order valence-electron chi connectivity index (χ0n) is 6.74. The number of hydrogen-bond donors (Lipinski definition) is 3. The number of carbonyl (C=O) groups excluding carboxylic acids is 1. The molecule has 1 aromatic carbocycles. The molecule has 0 atom stereocenters. The van der Waals surface area contributed by atoms with Gasteiger partial charge in [-0.2, -0.15) is 0 Å². The van der Waals surface area contributed by atoms with Crippen LogP contribution in [0.3, 0.4) is 0 Å². The molecule has 1 amide bonds. The van der Waals surface area contributed by atoms with Gasteiger partial charge < -0.3 is 16.5 Å². The average molecular weight is 176 g/mol. The maximum absolute atomic E-state index is 11.0. The molecule has 0 saturated heterocycles. The van der Waals surface area contributed by atoms with E-state index in [-0.39, 0.29) is 5.56 Å². The van der Waals surface area contributed by atoms with Gasteiger partial charge in [0.05, 0.1) is 17.4 Å². The molecular weight excluding hydrogens is 168 g/mol. The lowest BCUT2D eigenvalue weighted by Crippen LogP contribution is -2.14. The summed E-state index contributed by atoms with van der Waals surface area (Å²) in [7, 11) is 0. The van der Waals surface area contributed by atoms with Crippen molar-refractivity contribution >= 4 is 22.6 Å². The van der Waals surface area contributed by atoms with Gasteiger partial charge in [0.2, 0.25) is 0 Å². The number of fused-ring (bicyclic) bond motifs is 1. The first-order valence-electron chi connectivity index (χ1n) is 3.71. The van der Waals surface area contributed by atoms with E-state index in [0.717, 1.165) is 5.52 Å². The fraction of sp³-hybridized carbons (Fsp3) is 0. The number of H-pyrrole nitrogens is 1. The minimum atomic E-state index is -0.560. The Morgan fingerprint density at radius 2 is 2.23 bits per heavy atom. The molecule has 2 aromatic rings. The third-order valence-electron chi connectivity index (χ3n) is 1.87. The second-order valence-electron chi connectivity index (χ2n) is 2.69. The number of nitrogens with two attached hydrogens (primary N) is 2. The third kappa shape index (κ3) is 1.01. The van der Waals surface area contributed by atoms with Crippen molar-refractivity contribution in [3.63, 3.8) is 0 Å². The zero-order valence-corrected chi connectivity index (χ0v) is 6.74. The molecular formula is C8H8N4O. The van der Waals surface area contributed by atoms with Crippen LogP contribution in [0, 0.1) is 0 Å². The van der Waals surface area contributed by atoms with Crippen molar-refractivity contribution in [2.24, 2.45) is 5.73 Å². The summed E-state index contributed by atoms with van der Waals surface area (Å²) in [6.07, 6.45) is 1.50. The minimum absolute atomic E-state index is 0.277. The van der Waals surface area contributed by atoms with Crippen LogP contribution in [0.15, 0.2) is 18.5 Å². The Balaban J connectivity index is 2.88. The lowest BCUT2D eigenvalue weighted by atomic mass is 10.1. The number of nitrogens with zero attached hydrogens (tertiary/aromatic N) is 1. The number of benzene rings is 1. The molecule has 5 heteroatoms. The monoisotopic (exact) mass is 176 g/mol. The molecule has 0 fully saturated rings. The summed E-state index contributed by atoms with van der Waals surface area (Å²) >= 11 is 0. The second-order valence-corrected chi connectivity index (χ2v) is 2.69. The number of nitrogens with one attached hydrogen (secondary N) is 1. The Morgan fingerprint density at radius 1 is 1.46 bits per heavy atom. The summed E-state index contributed by atoms with van der Waals surface area (Å²) in [5, 5.41) is 0. The van der Waals surface area contributed by atoms with Crippen molar-refractivity contribution in [1.29, 1.82) is 0 Å². The van der Waals surface area contributed by atoms with Gasteiger partial charge in [-0.05, 0) is 12.1 Å². The number of amides is 1. The first-order valence-corrected chi connectivity index (χ1v) is 3.71. The van der Waals surface area contributed by atoms with E-state index < -0.39 is 5.91 Å². The fourth-order valence-corrected chi connectivity index (χ4v) is 1.28. The van der Waals surface area contributed by atoms with Gasteiger partial charge in [0.25, 0.3) is 5.91 Å². The lowest BCUT2D eigenvalue weighted by Gasteiger charge is -2.00. The van der Waals surface area contributed by atoms with Crippen molar-refractivity contribution in [3.05, 3.63) is 24.0 Å². The summed E-state index contributed by atoms with van der Waals surface area (Å²) in [6.45, 7) is 0. The number of anilines is 1. The van der Waals surface area contributed by atoms with Gasteiger partial charge in [-0.25, -0.2) is 4.98 Å². The number of primary amides is 1. The van der Waals surface area contributed by atoms with Gasteiger partial charge in [0, 0.05) is 5.69 Å². The van der Waals surface area contributed by atoms with Crippen LogP contribution in [0.25, 0.3) is 11.0 Å². The van der Waals surface area contributed by atoms with E-state index in [0.29, 0.717) is 11.2 Å². The molecule has 5 nitrogen and oxygen atoms in total. The molecule has 0 saturated carbocycles. The van der Waals surface area contributed by atoms with E-state index in [1.54, 1.807) is 12.1 Å². The normalized spacial score (nSPS) is 10.5. The van der Waals surface area contributed by atoms with Gasteiger partial charge in [-0.15, -0.1) is 0 Å². The molecule has 2 rings (SSSR count). The molecule has 0 spiro atoms. The van der Waals surface area contributed by atoms with E-state index in [4.69, 9.17) is 11.5 Å². The van der Waals surface area contributed by atoms with Gasteiger partial charge in [-0.3, -0.25) is 4.79 Å². The Hall–Kier alpha value is -2.04. The van der Waals surface area contributed by atoms with Gasteiger partial charge in [-0.1, -0.05) is 0 Å². The van der Waals surface area contributed by atoms with Crippen LogP contribution >= 0.6 is 0 Å². The lowest BCUT2D eigenvalue weighted by molar-refractivity contribution is 0.100. The summed E-state index contributed by atoms with van der Waals surface area (Å²) in [4.78, 5) is 17.9. The Kier molecular flexibility index (Phi) is 1.45. The minimum Gasteiger partial charge on any atom is -0.398 e. The standard InChI is InChI=1S/C8H8N4O/c9-4-1-2-5-7(12-3-11-5)6(4)8(10)13/h1-3H,9H2,(H2,10,13)(H,11,12). The quantitative estimate of drug-likeness (QED) is 0.543. The molecule has 0 aliphatic carbocycles. The fourth-order valence-electron chi connectivity index (χ4n) is 1.28. The average Bonchev–Trinajstić information content (AvgIpc) is 2.50. The van der Waals surface area contributed by atoms with E-state index in [1.165, 1.54) is 6.33 Å². The van der Waals surface area contributed by atoms with Crippen LogP contribution in [-0.2, 0) is 0 Å². The highest BCUT2D eigenvalue weighted by Crippen LogP contribution is 2.20. The summed E-state index contributed by atoms with van der Waals surface area (Å²) in [5.41, 5.74) is 12.7. The summed E-state index contributed by atoms with van der Waals surface area (Å²) < 4.78 is 0. The van der Waals surface area contributed by atoms with Crippen LogP contribution in [0.4, 0.5) is 5.69 Å². The van der Waals surface area contributed by atoms with Gasteiger partial charge in [0.15, 0.2) is 0 Å². The van der Waals surface area contributed by atoms with Crippen LogP contribution in [0.2, 0.25) is 0 Å². The SMILES string of the molecule is NC(=O)c1c(N)ccc2[nH]cnc12. The molecule has 66 valence electrons. The highest BCUT2D eigenvalue weighted by atomic mass is 16.1. The zero-order chi connectivity index (χ0) is 9.42. The molecule has 0 aliphatic rings. The highest BCUT2D eigenvalue weighted by molar-refractivity contribution is 6.08. The van der Waals surface area contributed by atoms with Crippen molar-refractivity contribution in [2.45, 2.75) is 0 Å². The topological polar surface area (TPSA) is 97.8 Å². The van der Waals surface area contributed by atoms with E-state index in [1.807, 2.05) is 0 Å². The Bertz CT molecular complexity index is 474. The van der Waals surface area contributed by atoms with Crippen molar-refractivity contribution in [3.8, 4) is 0 Å². The Morgan fingerprint density at radius 3 is 2.92 bits per heavy atom. The van der Waals surface area contributed by atoms with Gasteiger partial charge in [0.1, 0.15) is 5.52 Å². The van der Waals surface area contributed by atoms with E-state index in [2.05, 4.69) is 9.97 Å². The molecule has 1 aromatic heterocycles. The maximum atomic E-state index is 11.0. The maximum Gasteiger partial charge on any atom is 0.253 e. The molecule has 0 aliphatic heterocycles. The number of aromatic amines is 1. The second kappa shape index (κ2) is 2.48. The molecule has 0 bridgehead atoms. The summed E-state index contributed by atoms with van der Waals surface area (Å²) in [5.74, 6) is -0.560. The number of carbonyl (C=O) groups is 1.